The molecule has 1 aromatic rings. The first-order valence-electron chi connectivity index (χ1n) is 5.04. The fourth-order valence-corrected chi connectivity index (χ4v) is 2.05. The van der Waals surface area contributed by atoms with Crippen molar-refractivity contribution in [3.05, 3.63) is 18.5 Å². The highest BCUT2D eigenvalue weighted by atomic mass is 32.2. The second-order valence-electron chi connectivity index (χ2n) is 3.67. The maximum absolute atomic E-state index is 11.7. The quantitative estimate of drug-likeness (QED) is 0.611. The maximum atomic E-state index is 11.7. The van der Waals surface area contributed by atoms with E-state index in [0.29, 0.717) is 5.16 Å². The normalized spacial score (nSPS) is 12.2. The zero-order valence-electron chi connectivity index (χ0n) is 9.58. The van der Waals surface area contributed by atoms with E-state index in [2.05, 4.69) is 15.3 Å². The van der Waals surface area contributed by atoms with E-state index >= 15 is 0 Å². The molecule has 0 aliphatic carbocycles. The smallest absolute Gasteiger partial charge is 0.318 e. The predicted molar refractivity (Wildman–Crippen MR) is 64.2 cm³/mol. The molecule has 0 unspecified atom stereocenters. The fourth-order valence-electron chi connectivity index (χ4n) is 1.14. The van der Waals surface area contributed by atoms with Gasteiger partial charge in [0, 0.05) is 12.4 Å². The third-order valence-electron chi connectivity index (χ3n) is 1.88. The Kier molecular flexibility index (Phi) is 4.89. The van der Waals surface area contributed by atoms with E-state index in [0.717, 1.165) is 0 Å². The Morgan fingerprint density at radius 1 is 1.35 bits per heavy atom. The Labute approximate surface area is 103 Å². The van der Waals surface area contributed by atoms with Crippen LogP contribution < -0.4 is 11.1 Å². The van der Waals surface area contributed by atoms with Crippen LogP contribution >= 0.6 is 11.8 Å². The van der Waals surface area contributed by atoms with Crippen LogP contribution in [-0.2, 0) is 4.79 Å². The van der Waals surface area contributed by atoms with Gasteiger partial charge in [0.15, 0.2) is 5.16 Å². The second-order valence-corrected chi connectivity index (χ2v) is 4.78. The average Bonchev–Trinajstić information content (AvgIpc) is 2.25. The van der Waals surface area contributed by atoms with E-state index in [9.17, 15) is 9.59 Å². The number of aromatic nitrogens is 2. The molecule has 0 bridgehead atoms. The van der Waals surface area contributed by atoms with Crippen LogP contribution in [0.1, 0.15) is 13.8 Å². The van der Waals surface area contributed by atoms with Crippen molar-refractivity contribution >= 4 is 23.7 Å². The summed E-state index contributed by atoms with van der Waals surface area (Å²) in [5, 5.41) is 2.11. The van der Waals surface area contributed by atoms with Crippen molar-refractivity contribution in [1.82, 2.24) is 15.3 Å². The molecule has 92 valence electrons. The Morgan fingerprint density at radius 3 is 2.41 bits per heavy atom. The number of urea groups is 1. The summed E-state index contributed by atoms with van der Waals surface area (Å²) in [5.41, 5.74) is 4.91. The van der Waals surface area contributed by atoms with Gasteiger partial charge in [-0.1, -0.05) is 25.6 Å². The summed E-state index contributed by atoms with van der Waals surface area (Å²) in [6.07, 6.45) is 3.19. The molecule has 6 nitrogen and oxygen atoms in total. The molecule has 7 heteroatoms. The highest BCUT2D eigenvalue weighted by molar-refractivity contribution is 8.00. The standard InChI is InChI=1S/C10H14N4O2S/c1-6(2)7(8(15)14-9(11)16)17-10-12-4-3-5-13-10/h3-7H,1-2H3,(H3,11,14,15,16)/t7-/m1/s1. The highest BCUT2D eigenvalue weighted by Gasteiger charge is 2.25. The third-order valence-corrected chi connectivity index (χ3v) is 3.32. The molecular formula is C10H14N4O2S. The Hall–Kier alpha value is -1.63. The largest absolute Gasteiger partial charge is 0.351 e. The molecule has 0 aliphatic heterocycles. The van der Waals surface area contributed by atoms with E-state index in [4.69, 9.17) is 5.73 Å². The van der Waals surface area contributed by atoms with Crippen LogP contribution in [0, 0.1) is 5.92 Å². The number of amides is 3. The SMILES string of the molecule is CC(C)[C@@H](Sc1ncccn1)C(=O)NC(N)=O. The first kappa shape index (κ1) is 13.4. The lowest BCUT2D eigenvalue weighted by atomic mass is 10.1. The first-order chi connectivity index (χ1) is 8.00. The predicted octanol–water partition coefficient (Wildman–Crippen LogP) is 0.788. The summed E-state index contributed by atoms with van der Waals surface area (Å²) in [7, 11) is 0. The Bertz CT molecular complexity index is 397. The lowest BCUT2D eigenvalue weighted by molar-refractivity contribution is -0.120. The molecule has 1 atom stereocenters. The van der Waals surface area contributed by atoms with E-state index in [1.807, 2.05) is 13.8 Å². The number of carbonyl (C=O) groups is 2. The highest BCUT2D eigenvalue weighted by Crippen LogP contribution is 2.24. The Morgan fingerprint density at radius 2 is 1.94 bits per heavy atom. The van der Waals surface area contributed by atoms with Gasteiger partial charge in [0.05, 0.1) is 5.25 Å². The second kappa shape index (κ2) is 6.19. The molecule has 0 saturated heterocycles. The molecule has 1 rings (SSSR count). The zero-order chi connectivity index (χ0) is 12.8. The van der Waals surface area contributed by atoms with Gasteiger partial charge >= 0.3 is 6.03 Å². The Balaban J connectivity index is 2.73. The van der Waals surface area contributed by atoms with Crippen LogP contribution in [-0.4, -0.2) is 27.2 Å². The van der Waals surface area contributed by atoms with Crippen molar-refractivity contribution in [2.24, 2.45) is 11.7 Å². The van der Waals surface area contributed by atoms with Crippen LogP contribution in [0.5, 0.6) is 0 Å². The summed E-state index contributed by atoms with van der Waals surface area (Å²) in [4.78, 5) is 30.4. The monoisotopic (exact) mass is 254 g/mol. The van der Waals surface area contributed by atoms with Crippen molar-refractivity contribution in [3.63, 3.8) is 0 Å². The van der Waals surface area contributed by atoms with Gasteiger partial charge in [0.25, 0.3) is 0 Å². The summed E-state index contributed by atoms with van der Waals surface area (Å²) in [6.45, 7) is 3.75. The molecule has 0 saturated carbocycles. The number of rotatable bonds is 4. The van der Waals surface area contributed by atoms with Crippen molar-refractivity contribution in [1.29, 1.82) is 0 Å². The van der Waals surface area contributed by atoms with Gasteiger partial charge in [-0.15, -0.1) is 0 Å². The van der Waals surface area contributed by atoms with Crippen molar-refractivity contribution in [2.75, 3.05) is 0 Å². The lowest BCUT2D eigenvalue weighted by Gasteiger charge is -2.17. The molecule has 3 amide bonds. The summed E-state index contributed by atoms with van der Waals surface area (Å²) < 4.78 is 0. The van der Waals surface area contributed by atoms with Crippen LogP contribution in [0.4, 0.5) is 4.79 Å². The molecule has 0 aromatic carbocycles. The number of hydrogen-bond acceptors (Lipinski definition) is 5. The van der Waals surface area contributed by atoms with Gasteiger partial charge in [0.2, 0.25) is 5.91 Å². The first-order valence-corrected chi connectivity index (χ1v) is 5.92. The number of hydrogen-bond donors (Lipinski definition) is 2. The molecule has 0 aliphatic rings. The van der Waals surface area contributed by atoms with Crippen LogP contribution in [0.3, 0.4) is 0 Å². The number of carbonyl (C=O) groups excluding carboxylic acids is 2. The fraction of sp³-hybridized carbons (Fsp3) is 0.400. The summed E-state index contributed by atoms with van der Waals surface area (Å²) in [6, 6.07) is 0.841. The van der Waals surface area contributed by atoms with Gasteiger partial charge < -0.3 is 5.73 Å². The summed E-state index contributed by atoms with van der Waals surface area (Å²) in [5.74, 6) is -0.395. The zero-order valence-corrected chi connectivity index (χ0v) is 10.4. The van der Waals surface area contributed by atoms with Gasteiger partial charge in [-0.2, -0.15) is 0 Å². The maximum Gasteiger partial charge on any atom is 0.318 e. The molecular weight excluding hydrogens is 240 g/mol. The minimum Gasteiger partial charge on any atom is -0.351 e. The van der Waals surface area contributed by atoms with Crippen LogP contribution in [0.15, 0.2) is 23.6 Å². The van der Waals surface area contributed by atoms with Gasteiger partial charge in [-0.3, -0.25) is 10.1 Å². The van der Waals surface area contributed by atoms with Crippen LogP contribution in [0.2, 0.25) is 0 Å². The van der Waals surface area contributed by atoms with E-state index in [1.54, 1.807) is 18.5 Å². The van der Waals surface area contributed by atoms with Gasteiger partial charge in [-0.25, -0.2) is 14.8 Å². The van der Waals surface area contributed by atoms with E-state index < -0.39 is 17.2 Å². The molecule has 0 spiro atoms. The molecule has 17 heavy (non-hydrogen) atoms. The number of nitrogens with one attached hydrogen (secondary N) is 1. The van der Waals surface area contributed by atoms with Crippen molar-refractivity contribution in [2.45, 2.75) is 24.3 Å². The number of nitrogens with two attached hydrogens (primary N) is 1. The van der Waals surface area contributed by atoms with Crippen molar-refractivity contribution in [3.8, 4) is 0 Å². The minimum absolute atomic E-state index is 0.0307. The van der Waals surface area contributed by atoms with E-state index in [-0.39, 0.29) is 5.92 Å². The van der Waals surface area contributed by atoms with Gasteiger partial charge in [-0.05, 0) is 12.0 Å². The third kappa shape index (κ3) is 4.39. The topological polar surface area (TPSA) is 98.0 Å². The van der Waals surface area contributed by atoms with Gasteiger partial charge in [0.1, 0.15) is 0 Å². The van der Waals surface area contributed by atoms with Crippen molar-refractivity contribution < 1.29 is 9.59 Å². The van der Waals surface area contributed by atoms with Crippen LogP contribution in [0.25, 0.3) is 0 Å². The molecule has 0 radical (unpaired) electrons. The number of primary amides is 1. The lowest BCUT2D eigenvalue weighted by Crippen LogP contribution is -2.42. The molecule has 3 N–H and O–H groups in total. The molecule has 1 heterocycles. The number of imide groups is 1. The molecule has 0 fully saturated rings. The average molecular weight is 254 g/mol. The van der Waals surface area contributed by atoms with E-state index in [1.165, 1.54) is 11.8 Å². The number of nitrogens with zero attached hydrogens (tertiary/aromatic N) is 2. The summed E-state index contributed by atoms with van der Waals surface area (Å²) >= 11 is 1.20. The minimum atomic E-state index is -0.852. The molecule has 1 aromatic heterocycles. The number of thioether (sulfide) groups is 1.